The molecule has 0 fully saturated rings. The Bertz CT molecular complexity index is 606. The molecular formula is C12H13BrN4O. The Morgan fingerprint density at radius 1 is 1.39 bits per heavy atom. The summed E-state index contributed by atoms with van der Waals surface area (Å²) in [5, 5.41) is 6.88. The molecule has 0 saturated carbocycles. The Kier molecular flexibility index (Phi) is 3.47. The van der Waals surface area contributed by atoms with Crippen LogP contribution in [0.1, 0.15) is 21.7 Å². The summed E-state index contributed by atoms with van der Waals surface area (Å²) in [5.41, 5.74) is 2.33. The summed E-state index contributed by atoms with van der Waals surface area (Å²) in [6.07, 6.45) is 1.70. The van der Waals surface area contributed by atoms with Gasteiger partial charge in [-0.3, -0.25) is 9.48 Å². The molecule has 18 heavy (non-hydrogen) atoms. The zero-order chi connectivity index (χ0) is 13.3. The minimum absolute atomic E-state index is 0.227. The zero-order valence-electron chi connectivity index (χ0n) is 10.4. The molecule has 6 heteroatoms. The predicted octanol–water partition coefficient (Wildman–Crippen LogP) is 2.45. The van der Waals surface area contributed by atoms with Crippen LogP contribution in [0.4, 0.5) is 5.82 Å². The average Bonchev–Trinajstić information content (AvgIpc) is 2.62. The molecule has 1 amide bonds. The van der Waals surface area contributed by atoms with Crippen LogP contribution in [0.25, 0.3) is 0 Å². The first-order valence-electron chi connectivity index (χ1n) is 5.41. The lowest BCUT2D eigenvalue weighted by molar-refractivity contribution is 0.101. The van der Waals surface area contributed by atoms with Gasteiger partial charge in [0, 0.05) is 13.2 Å². The molecule has 0 bridgehead atoms. The molecule has 0 radical (unpaired) electrons. The van der Waals surface area contributed by atoms with Gasteiger partial charge in [-0.15, -0.1) is 0 Å². The van der Waals surface area contributed by atoms with E-state index in [9.17, 15) is 4.79 Å². The number of aromatic nitrogens is 3. The Hall–Kier alpha value is -1.69. The van der Waals surface area contributed by atoms with Crippen LogP contribution in [0.3, 0.4) is 0 Å². The van der Waals surface area contributed by atoms with Gasteiger partial charge in [0.1, 0.15) is 11.5 Å². The minimum Gasteiger partial charge on any atom is -0.304 e. The Balaban J connectivity index is 2.24. The second-order valence-corrected chi connectivity index (χ2v) is 4.95. The maximum atomic E-state index is 12.1. The van der Waals surface area contributed by atoms with Crippen molar-refractivity contribution in [2.75, 3.05) is 5.32 Å². The van der Waals surface area contributed by atoms with E-state index in [4.69, 9.17) is 0 Å². The summed E-state index contributed by atoms with van der Waals surface area (Å²) in [6, 6.07) is 3.63. The van der Waals surface area contributed by atoms with Gasteiger partial charge in [-0.2, -0.15) is 5.10 Å². The van der Waals surface area contributed by atoms with Gasteiger partial charge in [-0.05, 0) is 47.5 Å². The Morgan fingerprint density at radius 3 is 2.67 bits per heavy atom. The third-order valence-electron chi connectivity index (χ3n) is 2.44. The number of carbonyl (C=O) groups excluding carboxylic acids is 1. The van der Waals surface area contributed by atoms with Gasteiger partial charge >= 0.3 is 0 Å². The number of rotatable bonds is 2. The first-order chi connectivity index (χ1) is 8.47. The van der Waals surface area contributed by atoms with E-state index in [1.165, 1.54) is 0 Å². The van der Waals surface area contributed by atoms with Crippen molar-refractivity contribution >= 4 is 27.7 Å². The van der Waals surface area contributed by atoms with Gasteiger partial charge < -0.3 is 5.32 Å². The fourth-order valence-corrected chi connectivity index (χ4v) is 2.18. The smallest absolute Gasteiger partial charge is 0.275 e. The van der Waals surface area contributed by atoms with Crippen LogP contribution in [0.2, 0.25) is 0 Å². The average molecular weight is 309 g/mol. The number of halogens is 1. The van der Waals surface area contributed by atoms with Crippen LogP contribution in [0, 0.1) is 13.8 Å². The number of hydrogen-bond acceptors (Lipinski definition) is 3. The van der Waals surface area contributed by atoms with Crippen molar-refractivity contribution in [3.8, 4) is 0 Å². The summed E-state index contributed by atoms with van der Waals surface area (Å²) in [7, 11) is 1.74. The van der Waals surface area contributed by atoms with Crippen molar-refractivity contribution in [1.82, 2.24) is 14.8 Å². The van der Waals surface area contributed by atoms with E-state index >= 15 is 0 Å². The number of pyridine rings is 1. The van der Waals surface area contributed by atoms with Crippen LogP contribution in [-0.4, -0.2) is 20.7 Å². The van der Waals surface area contributed by atoms with Gasteiger partial charge in [0.2, 0.25) is 0 Å². The largest absolute Gasteiger partial charge is 0.304 e. The lowest BCUT2D eigenvalue weighted by atomic mass is 10.3. The molecule has 0 unspecified atom stereocenters. The van der Waals surface area contributed by atoms with Crippen molar-refractivity contribution < 1.29 is 4.79 Å². The number of anilines is 1. The van der Waals surface area contributed by atoms with E-state index in [-0.39, 0.29) is 5.91 Å². The molecule has 2 rings (SSSR count). The summed E-state index contributed by atoms with van der Waals surface area (Å²) >= 11 is 3.37. The topological polar surface area (TPSA) is 59.8 Å². The lowest BCUT2D eigenvalue weighted by Crippen LogP contribution is -2.17. The van der Waals surface area contributed by atoms with Crippen LogP contribution < -0.4 is 5.32 Å². The van der Waals surface area contributed by atoms with Gasteiger partial charge in [-0.1, -0.05) is 0 Å². The van der Waals surface area contributed by atoms with E-state index in [0.29, 0.717) is 11.5 Å². The number of carbonyl (C=O) groups is 1. The van der Waals surface area contributed by atoms with Crippen molar-refractivity contribution in [1.29, 1.82) is 0 Å². The normalized spacial score (nSPS) is 10.4. The number of hydrogen-bond donors (Lipinski definition) is 1. The Morgan fingerprint density at radius 2 is 2.11 bits per heavy atom. The fourth-order valence-electron chi connectivity index (χ4n) is 1.62. The fraction of sp³-hybridized carbons (Fsp3) is 0.250. The second kappa shape index (κ2) is 4.89. The maximum absolute atomic E-state index is 12.1. The van der Waals surface area contributed by atoms with E-state index in [1.54, 1.807) is 24.0 Å². The van der Waals surface area contributed by atoms with Gasteiger partial charge in [-0.25, -0.2) is 4.98 Å². The van der Waals surface area contributed by atoms with E-state index < -0.39 is 0 Å². The first-order valence-corrected chi connectivity index (χ1v) is 6.21. The van der Waals surface area contributed by atoms with Crippen LogP contribution in [-0.2, 0) is 7.05 Å². The van der Waals surface area contributed by atoms with E-state index in [2.05, 4.69) is 31.3 Å². The molecule has 0 aliphatic heterocycles. The Labute approximate surface area is 113 Å². The number of amides is 1. The zero-order valence-corrected chi connectivity index (χ0v) is 11.9. The molecular weight excluding hydrogens is 296 g/mol. The lowest BCUT2D eigenvalue weighted by Gasteiger charge is -2.06. The molecule has 0 aliphatic rings. The summed E-state index contributed by atoms with van der Waals surface area (Å²) in [5.74, 6) is 0.277. The van der Waals surface area contributed by atoms with Crippen LogP contribution >= 0.6 is 15.9 Å². The minimum atomic E-state index is -0.227. The second-order valence-electron chi connectivity index (χ2n) is 4.09. The molecule has 2 heterocycles. The molecule has 0 spiro atoms. The highest BCUT2D eigenvalue weighted by Crippen LogP contribution is 2.21. The third kappa shape index (κ3) is 2.59. The molecule has 94 valence electrons. The molecule has 2 aromatic rings. The highest BCUT2D eigenvalue weighted by molar-refractivity contribution is 9.10. The quantitative estimate of drug-likeness (QED) is 0.927. The van der Waals surface area contributed by atoms with E-state index in [0.717, 1.165) is 15.7 Å². The number of nitrogens with one attached hydrogen (secondary N) is 1. The molecule has 0 atom stereocenters. The van der Waals surface area contributed by atoms with E-state index in [1.807, 2.05) is 19.9 Å². The highest BCUT2D eigenvalue weighted by Gasteiger charge is 2.13. The van der Waals surface area contributed by atoms with Crippen molar-refractivity contribution in [2.45, 2.75) is 13.8 Å². The van der Waals surface area contributed by atoms with Gasteiger partial charge in [0.15, 0.2) is 0 Å². The van der Waals surface area contributed by atoms with Crippen molar-refractivity contribution in [3.63, 3.8) is 0 Å². The molecule has 0 aliphatic carbocycles. The van der Waals surface area contributed by atoms with Crippen LogP contribution in [0.5, 0.6) is 0 Å². The predicted molar refractivity (Wildman–Crippen MR) is 72.6 cm³/mol. The molecule has 0 aromatic carbocycles. The standard InChI is InChI=1S/C12H13BrN4O/c1-7-4-9(13)11(14-6-7)15-12(18)10-5-8(2)16-17(10)3/h4-6H,1-3H3,(H,14,15,18). The molecule has 2 aromatic heterocycles. The SMILES string of the molecule is Cc1cnc(NC(=O)c2cc(C)nn2C)c(Br)c1. The van der Waals surface area contributed by atoms with Crippen molar-refractivity contribution in [3.05, 3.63) is 39.8 Å². The number of aryl methyl sites for hydroxylation is 3. The van der Waals surface area contributed by atoms with Gasteiger partial charge in [0.25, 0.3) is 5.91 Å². The first kappa shape index (κ1) is 12.8. The molecule has 5 nitrogen and oxygen atoms in total. The third-order valence-corrected chi connectivity index (χ3v) is 3.05. The van der Waals surface area contributed by atoms with Gasteiger partial charge in [0.05, 0.1) is 10.2 Å². The summed E-state index contributed by atoms with van der Waals surface area (Å²) < 4.78 is 2.31. The highest BCUT2D eigenvalue weighted by atomic mass is 79.9. The van der Waals surface area contributed by atoms with Crippen LogP contribution in [0.15, 0.2) is 22.8 Å². The monoisotopic (exact) mass is 308 g/mol. The summed E-state index contributed by atoms with van der Waals surface area (Å²) in [4.78, 5) is 16.2. The molecule has 1 N–H and O–H groups in total. The summed E-state index contributed by atoms with van der Waals surface area (Å²) in [6.45, 7) is 3.78. The number of nitrogens with zero attached hydrogens (tertiary/aromatic N) is 3. The van der Waals surface area contributed by atoms with Crippen molar-refractivity contribution in [2.24, 2.45) is 7.05 Å². The maximum Gasteiger partial charge on any atom is 0.275 e. The molecule has 0 saturated heterocycles.